The summed E-state index contributed by atoms with van der Waals surface area (Å²) in [5.74, 6) is -3.82. The number of rotatable bonds is 5. The van der Waals surface area contributed by atoms with Gasteiger partial charge in [0.15, 0.2) is 5.75 Å². The summed E-state index contributed by atoms with van der Waals surface area (Å²) in [5.41, 5.74) is 1.18. The summed E-state index contributed by atoms with van der Waals surface area (Å²) in [7, 11) is -4.69. The molecule has 0 bridgehead atoms. The van der Waals surface area contributed by atoms with Crippen LogP contribution in [0.2, 0.25) is 0 Å². The van der Waals surface area contributed by atoms with Crippen LogP contribution in [-0.2, 0) is 14.8 Å². The van der Waals surface area contributed by atoms with Crippen LogP contribution in [0.4, 0.5) is 13.2 Å². The zero-order chi connectivity index (χ0) is 13.9. The van der Waals surface area contributed by atoms with Gasteiger partial charge in [-0.1, -0.05) is 13.8 Å². The maximum Gasteiger partial charge on any atom is 0.404 e. The Morgan fingerprint density at radius 1 is 1.35 bits per heavy atom. The average molecular weight is 278 g/mol. The van der Waals surface area contributed by atoms with Gasteiger partial charge in [0.2, 0.25) is 10.0 Å². The number of carbonyl (C=O) groups excluding carboxylic acids is 1. The van der Waals surface area contributed by atoms with E-state index in [0.717, 1.165) is 0 Å². The molecule has 0 aromatic heterocycles. The predicted molar refractivity (Wildman–Crippen MR) is 51.5 cm³/mol. The highest BCUT2D eigenvalue weighted by molar-refractivity contribution is 7.89. The van der Waals surface area contributed by atoms with Gasteiger partial charge in [-0.05, 0) is 5.92 Å². The number of halogens is 3. The van der Waals surface area contributed by atoms with Crippen LogP contribution in [0.25, 0.3) is 0 Å². The van der Waals surface area contributed by atoms with Crippen LogP contribution < -0.4 is 10.2 Å². The fraction of sp³-hybridized carbons (Fsp3) is 0.857. The highest BCUT2D eigenvalue weighted by Crippen LogP contribution is 2.17. The molecule has 0 unspecified atom stereocenters. The van der Waals surface area contributed by atoms with Gasteiger partial charge in [0.05, 0.1) is 0 Å². The number of amides is 1. The molecular weight excluding hydrogens is 265 g/mol. The molecule has 0 aromatic rings. The van der Waals surface area contributed by atoms with E-state index >= 15 is 0 Å². The lowest BCUT2D eigenvalue weighted by atomic mass is 10.1. The Hall–Kier alpha value is -0.870. The van der Waals surface area contributed by atoms with Gasteiger partial charge in [0, 0.05) is 0 Å². The quantitative estimate of drug-likeness (QED) is 0.487. The molecule has 1 amide bonds. The zero-order valence-electron chi connectivity index (χ0n) is 9.08. The first-order valence-corrected chi connectivity index (χ1v) is 6.14. The van der Waals surface area contributed by atoms with Crippen molar-refractivity contribution in [1.29, 1.82) is 0 Å². The van der Waals surface area contributed by atoms with Crippen LogP contribution in [0.15, 0.2) is 0 Å². The Morgan fingerprint density at radius 3 is 2.12 bits per heavy atom. The van der Waals surface area contributed by atoms with E-state index in [0.29, 0.717) is 0 Å². The van der Waals surface area contributed by atoms with Crippen molar-refractivity contribution in [3.8, 4) is 0 Å². The summed E-state index contributed by atoms with van der Waals surface area (Å²) in [6, 6.07) is -1.47. The van der Waals surface area contributed by atoms with Crippen molar-refractivity contribution in [3.05, 3.63) is 0 Å². The molecule has 102 valence electrons. The van der Waals surface area contributed by atoms with Crippen molar-refractivity contribution >= 4 is 15.9 Å². The van der Waals surface area contributed by atoms with Crippen molar-refractivity contribution in [2.24, 2.45) is 5.92 Å². The van der Waals surface area contributed by atoms with E-state index in [9.17, 15) is 26.4 Å². The molecule has 1 atom stereocenters. The predicted octanol–water partition coefficient (Wildman–Crippen LogP) is -0.00190. The molecule has 0 rings (SSSR count). The minimum Gasteiger partial charge on any atom is -0.289 e. The normalized spacial score (nSPS) is 14.8. The summed E-state index contributed by atoms with van der Waals surface area (Å²) < 4.78 is 59.5. The van der Waals surface area contributed by atoms with Crippen LogP contribution >= 0.6 is 0 Å². The van der Waals surface area contributed by atoms with E-state index in [-0.39, 0.29) is 0 Å². The SMILES string of the molecule is CC(C)[C@@H](NS(=O)(=O)CC(F)(F)F)C(=O)NO. The van der Waals surface area contributed by atoms with Gasteiger partial charge in [-0.25, -0.2) is 18.6 Å². The van der Waals surface area contributed by atoms with Crippen molar-refractivity contribution < 1.29 is 31.6 Å². The zero-order valence-corrected chi connectivity index (χ0v) is 9.89. The minimum absolute atomic E-state index is 0.620. The second-order valence-electron chi connectivity index (χ2n) is 3.69. The topological polar surface area (TPSA) is 95.5 Å². The summed E-state index contributed by atoms with van der Waals surface area (Å²) in [5, 5.41) is 8.33. The lowest BCUT2D eigenvalue weighted by Crippen LogP contribution is -2.50. The summed E-state index contributed by atoms with van der Waals surface area (Å²) in [6.07, 6.45) is -4.90. The van der Waals surface area contributed by atoms with Crippen molar-refractivity contribution in [2.75, 3.05) is 5.75 Å². The van der Waals surface area contributed by atoms with Gasteiger partial charge in [0.25, 0.3) is 5.91 Å². The molecule has 17 heavy (non-hydrogen) atoms. The molecule has 0 aliphatic heterocycles. The molecule has 0 spiro atoms. The monoisotopic (exact) mass is 278 g/mol. The van der Waals surface area contributed by atoms with Crippen molar-refractivity contribution in [3.63, 3.8) is 0 Å². The van der Waals surface area contributed by atoms with Crippen molar-refractivity contribution in [2.45, 2.75) is 26.1 Å². The third kappa shape index (κ3) is 6.44. The fourth-order valence-corrected chi connectivity index (χ4v) is 2.29. The first-order chi connectivity index (χ1) is 7.48. The standard InChI is InChI=1S/C7H13F3N2O4S/c1-4(2)5(6(13)11-14)12-17(15,16)3-7(8,9)10/h4-5,12,14H,3H2,1-2H3,(H,11,13)/t5-/m1/s1. The third-order valence-corrected chi connectivity index (χ3v) is 3.04. The number of hydroxylamine groups is 1. The first-order valence-electron chi connectivity index (χ1n) is 4.49. The number of hydrogen-bond donors (Lipinski definition) is 3. The maximum absolute atomic E-state index is 11.9. The molecular formula is C7H13F3N2O4S. The lowest BCUT2D eigenvalue weighted by molar-refractivity contribution is -0.132. The second-order valence-corrected chi connectivity index (χ2v) is 5.44. The summed E-state index contributed by atoms with van der Waals surface area (Å²) in [4.78, 5) is 11.0. The molecule has 0 saturated heterocycles. The molecule has 0 aliphatic carbocycles. The Morgan fingerprint density at radius 2 is 1.82 bits per heavy atom. The van der Waals surface area contributed by atoms with Crippen LogP contribution in [0.1, 0.15) is 13.8 Å². The van der Waals surface area contributed by atoms with Crippen LogP contribution in [-0.4, -0.2) is 37.5 Å². The lowest BCUT2D eigenvalue weighted by Gasteiger charge is -2.20. The van der Waals surface area contributed by atoms with Crippen molar-refractivity contribution in [1.82, 2.24) is 10.2 Å². The Balaban J connectivity index is 4.83. The van der Waals surface area contributed by atoms with Gasteiger partial charge in [-0.2, -0.15) is 13.2 Å². The maximum atomic E-state index is 11.9. The minimum atomic E-state index is -4.90. The number of carbonyl (C=O) groups is 1. The van der Waals surface area contributed by atoms with Gasteiger partial charge >= 0.3 is 6.18 Å². The highest BCUT2D eigenvalue weighted by atomic mass is 32.2. The Labute approximate surface area is 96.2 Å². The van der Waals surface area contributed by atoms with E-state index < -0.39 is 39.8 Å². The first kappa shape index (κ1) is 16.1. The van der Waals surface area contributed by atoms with E-state index in [2.05, 4.69) is 0 Å². The second kappa shape index (κ2) is 5.65. The largest absolute Gasteiger partial charge is 0.404 e. The molecule has 0 radical (unpaired) electrons. The fourth-order valence-electron chi connectivity index (χ4n) is 1.01. The molecule has 6 nitrogen and oxygen atoms in total. The molecule has 0 aliphatic rings. The summed E-state index contributed by atoms with van der Waals surface area (Å²) >= 11 is 0. The van der Waals surface area contributed by atoms with Gasteiger partial charge in [-0.3, -0.25) is 10.0 Å². The van der Waals surface area contributed by atoms with Crippen LogP contribution in [0.5, 0.6) is 0 Å². The smallest absolute Gasteiger partial charge is 0.289 e. The molecule has 0 saturated carbocycles. The van der Waals surface area contributed by atoms with Gasteiger partial charge in [-0.15, -0.1) is 0 Å². The molecule has 0 fully saturated rings. The molecule has 0 aromatic carbocycles. The number of alkyl halides is 3. The molecule has 10 heteroatoms. The Kier molecular flexibility index (Phi) is 5.36. The van der Waals surface area contributed by atoms with Crippen LogP contribution in [0, 0.1) is 5.92 Å². The highest BCUT2D eigenvalue weighted by Gasteiger charge is 2.37. The number of hydrogen-bond acceptors (Lipinski definition) is 4. The number of sulfonamides is 1. The van der Waals surface area contributed by atoms with E-state index in [1.165, 1.54) is 19.3 Å². The summed E-state index contributed by atoms with van der Waals surface area (Å²) in [6.45, 7) is 2.83. The molecule has 0 heterocycles. The molecule has 3 N–H and O–H groups in total. The van der Waals surface area contributed by atoms with E-state index in [1.54, 1.807) is 4.72 Å². The van der Waals surface area contributed by atoms with Gasteiger partial charge < -0.3 is 0 Å². The third-order valence-electron chi connectivity index (χ3n) is 1.72. The van der Waals surface area contributed by atoms with Gasteiger partial charge in [0.1, 0.15) is 6.04 Å². The Bertz CT molecular complexity index is 366. The van der Waals surface area contributed by atoms with Crippen LogP contribution in [0.3, 0.4) is 0 Å². The van der Waals surface area contributed by atoms with E-state index in [1.807, 2.05) is 0 Å². The van der Waals surface area contributed by atoms with E-state index in [4.69, 9.17) is 5.21 Å². The average Bonchev–Trinajstić information content (AvgIpc) is 2.08. The number of nitrogens with one attached hydrogen (secondary N) is 2.